The first kappa shape index (κ1) is 13.7. The Hall–Kier alpha value is -1.75. The minimum Gasteiger partial charge on any atom is -0.482 e. The van der Waals surface area contributed by atoms with Crippen molar-refractivity contribution in [2.45, 2.75) is 13.8 Å². The van der Waals surface area contributed by atoms with Crippen LogP contribution in [0.15, 0.2) is 18.2 Å². The quantitative estimate of drug-likeness (QED) is 0.803. The molecule has 1 atom stereocenters. The minimum atomic E-state index is -0.0998. The molecule has 0 aliphatic carbocycles. The number of carbonyl (C=O) groups excluding carboxylic acids is 1. The fourth-order valence-electron chi connectivity index (χ4n) is 2.13. The van der Waals surface area contributed by atoms with Crippen LogP contribution in [-0.4, -0.2) is 30.8 Å². The van der Waals surface area contributed by atoms with Gasteiger partial charge in [0.1, 0.15) is 5.75 Å². The number of anilines is 2. The van der Waals surface area contributed by atoms with Crippen LogP contribution in [0.1, 0.15) is 13.8 Å². The number of benzene rings is 1. The molecule has 2 rings (SSSR count). The molecule has 5 heteroatoms. The number of fused-ring (bicyclic) bond motifs is 1. The van der Waals surface area contributed by atoms with Gasteiger partial charge in [-0.2, -0.15) is 0 Å². The van der Waals surface area contributed by atoms with E-state index in [-0.39, 0.29) is 25.0 Å². The minimum absolute atomic E-state index is 0.0349. The molecule has 1 aromatic carbocycles. The lowest BCUT2D eigenvalue weighted by atomic mass is 9.95. The number of aliphatic hydroxyl groups is 1. The second-order valence-corrected chi connectivity index (χ2v) is 5.21. The largest absolute Gasteiger partial charge is 0.482 e. The van der Waals surface area contributed by atoms with Crippen LogP contribution in [0.5, 0.6) is 5.75 Å². The molecule has 5 nitrogen and oxygen atoms in total. The summed E-state index contributed by atoms with van der Waals surface area (Å²) in [5.74, 6) is 0.896. The molecule has 1 aliphatic rings. The molecule has 0 spiro atoms. The molecule has 0 saturated carbocycles. The van der Waals surface area contributed by atoms with Gasteiger partial charge in [0.2, 0.25) is 0 Å². The first-order valence-corrected chi connectivity index (χ1v) is 6.46. The summed E-state index contributed by atoms with van der Waals surface area (Å²) >= 11 is 0. The first-order valence-electron chi connectivity index (χ1n) is 6.46. The molecule has 1 aliphatic heterocycles. The van der Waals surface area contributed by atoms with E-state index in [0.717, 1.165) is 0 Å². The smallest absolute Gasteiger partial charge is 0.265 e. The van der Waals surface area contributed by atoms with E-state index in [1.165, 1.54) is 0 Å². The van der Waals surface area contributed by atoms with Crippen molar-refractivity contribution in [2.75, 3.05) is 30.4 Å². The van der Waals surface area contributed by atoms with Gasteiger partial charge in [-0.05, 0) is 24.1 Å². The molecule has 1 aromatic rings. The first-order chi connectivity index (χ1) is 9.02. The van der Waals surface area contributed by atoms with Crippen molar-refractivity contribution >= 4 is 17.3 Å². The third kappa shape index (κ3) is 2.81. The zero-order valence-corrected chi connectivity index (χ0v) is 11.3. The van der Waals surface area contributed by atoms with E-state index in [2.05, 4.69) is 0 Å². The van der Waals surface area contributed by atoms with Gasteiger partial charge in [0.05, 0.1) is 5.69 Å². The average molecular weight is 264 g/mol. The summed E-state index contributed by atoms with van der Waals surface area (Å²) in [5.41, 5.74) is 7.05. The SMILES string of the molecule is CC(C)C(CO)CN1C(=O)COc2ccc(N)cc21. The van der Waals surface area contributed by atoms with Crippen molar-refractivity contribution in [1.82, 2.24) is 0 Å². The molecule has 0 radical (unpaired) electrons. The zero-order valence-electron chi connectivity index (χ0n) is 11.3. The van der Waals surface area contributed by atoms with Gasteiger partial charge in [0.15, 0.2) is 6.61 Å². The molecule has 1 unspecified atom stereocenters. The normalized spacial score (nSPS) is 16.2. The number of carbonyl (C=O) groups is 1. The third-order valence-electron chi connectivity index (χ3n) is 3.52. The number of nitrogen functional groups attached to an aromatic ring is 1. The topological polar surface area (TPSA) is 75.8 Å². The Morgan fingerprint density at radius 2 is 2.21 bits per heavy atom. The van der Waals surface area contributed by atoms with E-state index >= 15 is 0 Å². The van der Waals surface area contributed by atoms with Crippen LogP contribution >= 0.6 is 0 Å². The Morgan fingerprint density at radius 3 is 2.84 bits per heavy atom. The summed E-state index contributed by atoms with van der Waals surface area (Å²) in [5, 5.41) is 9.42. The van der Waals surface area contributed by atoms with Gasteiger partial charge in [-0.3, -0.25) is 4.79 Å². The lowest BCUT2D eigenvalue weighted by Gasteiger charge is -2.33. The molecule has 1 heterocycles. The molecular formula is C14H20N2O3. The summed E-state index contributed by atoms with van der Waals surface area (Å²) in [6, 6.07) is 5.26. The fraction of sp³-hybridized carbons (Fsp3) is 0.500. The highest BCUT2D eigenvalue weighted by Crippen LogP contribution is 2.34. The van der Waals surface area contributed by atoms with E-state index in [0.29, 0.717) is 29.6 Å². The van der Waals surface area contributed by atoms with Crippen LogP contribution in [-0.2, 0) is 4.79 Å². The second-order valence-electron chi connectivity index (χ2n) is 5.21. The number of nitrogens with two attached hydrogens (primary N) is 1. The van der Waals surface area contributed by atoms with Gasteiger partial charge in [-0.15, -0.1) is 0 Å². The summed E-state index contributed by atoms with van der Waals surface area (Å²) < 4.78 is 5.39. The zero-order chi connectivity index (χ0) is 14.0. The Balaban J connectivity index is 2.29. The van der Waals surface area contributed by atoms with E-state index < -0.39 is 0 Å². The van der Waals surface area contributed by atoms with Crippen LogP contribution < -0.4 is 15.4 Å². The van der Waals surface area contributed by atoms with Crippen molar-refractivity contribution in [2.24, 2.45) is 11.8 Å². The maximum absolute atomic E-state index is 12.0. The predicted octanol–water partition coefficient (Wildman–Crippen LogP) is 1.26. The second kappa shape index (κ2) is 5.48. The van der Waals surface area contributed by atoms with E-state index in [4.69, 9.17) is 10.5 Å². The molecule has 1 amide bonds. The third-order valence-corrected chi connectivity index (χ3v) is 3.52. The number of amides is 1. The van der Waals surface area contributed by atoms with Gasteiger partial charge in [-0.25, -0.2) is 0 Å². The summed E-state index contributed by atoms with van der Waals surface area (Å²) in [4.78, 5) is 13.7. The van der Waals surface area contributed by atoms with Crippen LogP contribution in [0, 0.1) is 11.8 Å². The number of aliphatic hydroxyl groups excluding tert-OH is 1. The van der Waals surface area contributed by atoms with Crippen LogP contribution in [0.25, 0.3) is 0 Å². The van der Waals surface area contributed by atoms with Crippen LogP contribution in [0.4, 0.5) is 11.4 Å². The van der Waals surface area contributed by atoms with Crippen molar-refractivity contribution in [3.63, 3.8) is 0 Å². The van der Waals surface area contributed by atoms with Crippen molar-refractivity contribution in [3.05, 3.63) is 18.2 Å². The van der Waals surface area contributed by atoms with Crippen LogP contribution in [0.3, 0.4) is 0 Å². The maximum Gasteiger partial charge on any atom is 0.265 e. The van der Waals surface area contributed by atoms with Gasteiger partial charge in [-0.1, -0.05) is 13.8 Å². The molecule has 19 heavy (non-hydrogen) atoms. The lowest BCUT2D eigenvalue weighted by molar-refractivity contribution is -0.121. The number of nitrogens with zero attached hydrogens (tertiary/aromatic N) is 1. The molecule has 0 bridgehead atoms. The standard InChI is InChI=1S/C14H20N2O3/c1-9(2)10(7-17)6-16-12-5-11(15)3-4-13(12)19-8-14(16)18/h3-5,9-10,17H,6-8,15H2,1-2H3. The highest BCUT2D eigenvalue weighted by Gasteiger charge is 2.28. The van der Waals surface area contributed by atoms with Gasteiger partial charge in [0.25, 0.3) is 5.91 Å². The van der Waals surface area contributed by atoms with E-state index in [1.54, 1.807) is 23.1 Å². The highest BCUT2D eigenvalue weighted by atomic mass is 16.5. The monoisotopic (exact) mass is 264 g/mol. The maximum atomic E-state index is 12.0. The van der Waals surface area contributed by atoms with Crippen LogP contribution in [0.2, 0.25) is 0 Å². The summed E-state index contributed by atoms with van der Waals surface area (Å²) in [6.45, 7) is 4.64. The van der Waals surface area contributed by atoms with Crippen molar-refractivity contribution in [1.29, 1.82) is 0 Å². The van der Waals surface area contributed by atoms with Gasteiger partial charge in [0, 0.05) is 24.8 Å². The summed E-state index contributed by atoms with van der Waals surface area (Å²) in [6.07, 6.45) is 0. The number of ether oxygens (including phenoxy) is 1. The highest BCUT2D eigenvalue weighted by molar-refractivity contribution is 5.98. The van der Waals surface area contributed by atoms with Gasteiger partial charge >= 0.3 is 0 Å². The number of rotatable bonds is 4. The molecule has 0 fully saturated rings. The predicted molar refractivity (Wildman–Crippen MR) is 74.1 cm³/mol. The summed E-state index contributed by atoms with van der Waals surface area (Å²) in [7, 11) is 0. The van der Waals surface area contributed by atoms with Crippen molar-refractivity contribution < 1.29 is 14.6 Å². The van der Waals surface area contributed by atoms with E-state index in [1.807, 2.05) is 13.8 Å². The number of hydrogen-bond acceptors (Lipinski definition) is 4. The Labute approximate surface area is 113 Å². The Kier molecular flexibility index (Phi) is 3.95. The van der Waals surface area contributed by atoms with E-state index in [9.17, 15) is 9.90 Å². The van der Waals surface area contributed by atoms with Crippen molar-refractivity contribution in [3.8, 4) is 5.75 Å². The Bertz CT molecular complexity index is 474. The molecular weight excluding hydrogens is 244 g/mol. The molecule has 104 valence electrons. The lowest BCUT2D eigenvalue weighted by Crippen LogP contribution is -2.43. The average Bonchev–Trinajstić information content (AvgIpc) is 2.37. The number of hydrogen-bond donors (Lipinski definition) is 2. The fourth-order valence-corrected chi connectivity index (χ4v) is 2.13. The molecule has 3 N–H and O–H groups in total. The molecule has 0 aromatic heterocycles. The van der Waals surface area contributed by atoms with Gasteiger partial charge < -0.3 is 20.5 Å². The Morgan fingerprint density at radius 1 is 1.47 bits per heavy atom. The molecule has 0 saturated heterocycles.